The Labute approximate surface area is 247 Å². The average molecular weight is 663 g/mol. The fourth-order valence-electron chi connectivity index (χ4n) is 3.94. The van der Waals surface area contributed by atoms with Crippen LogP contribution in [-0.2, 0) is 0 Å². The lowest BCUT2D eigenvalue weighted by molar-refractivity contribution is -0.384. The molecule has 0 N–H and O–H groups in total. The maximum absolute atomic E-state index is 13.3. The van der Waals surface area contributed by atoms with E-state index in [-0.39, 0.29) is 17.9 Å². The van der Waals surface area contributed by atoms with Crippen LogP contribution in [0.3, 0.4) is 0 Å². The van der Waals surface area contributed by atoms with E-state index in [1.54, 1.807) is 36.4 Å². The van der Waals surface area contributed by atoms with E-state index in [1.165, 1.54) is 12.1 Å². The molecule has 0 amide bonds. The number of carbonyl (C=O) groups excluding carboxylic acids is 1. The highest BCUT2D eigenvalue weighted by molar-refractivity contribution is 9.10. The number of benzene rings is 4. The summed E-state index contributed by atoms with van der Waals surface area (Å²) in [5, 5.41) is 22.0. The highest BCUT2D eigenvalue weighted by Crippen LogP contribution is 2.33. The predicted octanol–water partition coefficient (Wildman–Crippen LogP) is 9.56. The molecule has 4 rings (SSSR count). The third-order valence-corrected chi connectivity index (χ3v) is 7.26. The number of non-ortho nitro benzene ring substituents is 1. The number of allylic oxidation sites excluding steroid dienone is 4. The zero-order valence-electron chi connectivity index (χ0n) is 20.3. The van der Waals surface area contributed by atoms with E-state index < -0.39 is 4.92 Å². The number of nitro benzene ring substituents is 1. The molecule has 0 atom stereocenters. The lowest BCUT2D eigenvalue weighted by atomic mass is 9.90. The lowest BCUT2D eigenvalue weighted by Gasteiger charge is -2.13. The van der Waals surface area contributed by atoms with Crippen molar-refractivity contribution in [2.75, 3.05) is 0 Å². The number of hydrogen-bond acceptors (Lipinski definition) is 4. The van der Waals surface area contributed by atoms with Gasteiger partial charge in [-0.25, -0.2) is 0 Å². The van der Waals surface area contributed by atoms with Crippen LogP contribution in [0.15, 0.2) is 112 Å². The second-order valence-corrected chi connectivity index (χ2v) is 10.8. The highest BCUT2D eigenvalue weighted by atomic mass is 79.9. The molecule has 4 aromatic rings. The van der Waals surface area contributed by atoms with Crippen LogP contribution < -0.4 is 0 Å². The molecule has 0 aliphatic carbocycles. The number of Topliss-reactive ketones (excluding diaryl/α,β-unsaturated/α-hetero) is 1. The molecule has 192 valence electrons. The molecule has 0 fully saturated rings. The number of nitrogens with zero attached hydrogens (tertiary/aromatic N) is 2. The summed E-state index contributed by atoms with van der Waals surface area (Å²) in [5.41, 5.74) is 4.11. The zero-order chi connectivity index (χ0) is 27.9. The summed E-state index contributed by atoms with van der Waals surface area (Å²) in [7, 11) is 0. The monoisotopic (exact) mass is 660 g/mol. The summed E-state index contributed by atoms with van der Waals surface area (Å²) < 4.78 is 1.74. The van der Waals surface area contributed by atoms with Crippen LogP contribution in [-0.4, -0.2) is 10.7 Å². The minimum atomic E-state index is -0.485. The summed E-state index contributed by atoms with van der Waals surface area (Å²) in [6.07, 6.45) is 1.91. The minimum Gasteiger partial charge on any atom is -0.294 e. The fraction of sp³-hybridized carbons (Fsp3) is 0.0323. The molecule has 8 heteroatoms. The van der Waals surface area contributed by atoms with Crippen molar-refractivity contribution in [2.45, 2.75) is 6.42 Å². The van der Waals surface area contributed by atoms with Gasteiger partial charge in [0.05, 0.1) is 10.5 Å². The second-order valence-electron chi connectivity index (χ2n) is 8.49. The van der Waals surface area contributed by atoms with Crippen molar-refractivity contribution < 1.29 is 9.72 Å². The van der Waals surface area contributed by atoms with Crippen LogP contribution in [0.1, 0.15) is 33.5 Å². The number of nitriles is 1. The molecule has 0 spiro atoms. The van der Waals surface area contributed by atoms with Gasteiger partial charge in [-0.2, -0.15) is 5.26 Å². The Bertz CT molecular complexity index is 1620. The third-order valence-electron chi connectivity index (χ3n) is 5.95. The van der Waals surface area contributed by atoms with Crippen LogP contribution in [0.2, 0.25) is 5.02 Å². The number of ketones is 1. The van der Waals surface area contributed by atoms with Crippen LogP contribution >= 0.6 is 43.5 Å². The molecule has 0 saturated carbocycles. The largest absolute Gasteiger partial charge is 0.294 e. The van der Waals surface area contributed by atoms with Crippen LogP contribution in [0, 0.1) is 21.4 Å². The molecule has 0 aliphatic heterocycles. The summed E-state index contributed by atoms with van der Waals surface area (Å²) in [5.74, 6) is -0.0901. The first kappa shape index (κ1) is 28.2. The van der Waals surface area contributed by atoms with Crippen LogP contribution in [0.4, 0.5) is 5.69 Å². The van der Waals surface area contributed by atoms with Crippen molar-refractivity contribution >= 4 is 71.7 Å². The Kier molecular flexibility index (Phi) is 9.26. The fourth-order valence-corrected chi connectivity index (χ4v) is 4.60. The maximum atomic E-state index is 13.3. The Balaban J connectivity index is 1.92. The summed E-state index contributed by atoms with van der Waals surface area (Å²) in [6, 6.07) is 29.9. The van der Waals surface area contributed by atoms with Crippen LogP contribution in [0.5, 0.6) is 0 Å². The topological polar surface area (TPSA) is 84.0 Å². The number of hydrogen-bond donors (Lipinski definition) is 0. The molecule has 0 aromatic heterocycles. The van der Waals surface area contributed by atoms with Crippen molar-refractivity contribution in [2.24, 2.45) is 0 Å². The van der Waals surface area contributed by atoms with Crippen molar-refractivity contribution in [1.29, 1.82) is 5.26 Å². The summed E-state index contributed by atoms with van der Waals surface area (Å²) in [6.45, 7) is 0. The van der Waals surface area contributed by atoms with Crippen molar-refractivity contribution in [3.63, 3.8) is 0 Å². The van der Waals surface area contributed by atoms with Gasteiger partial charge in [0, 0.05) is 43.7 Å². The van der Waals surface area contributed by atoms with Crippen molar-refractivity contribution in [3.05, 3.63) is 149 Å². The van der Waals surface area contributed by atoms with E-state index in [1.807, 2.05) is 54.6 Å². The Morgan fingerprint density at radius 2 is 1.28 bits per heavy atom. The molecule has 0 unspecified atom stereocenters. The van der Waals surface area contributed by atoms with Gasteiger partial charge in [-0.3, -0.25) is 14.9 Å². The van der Waals surface area contributed by atoms with Gasteiger partial charge in [-0.05, 0) is 76.9 Å². The minimum absolute atomic E-state index is 0.0706. The number of halogens is 3. The Hall–Kier alpha value is -3.83. The lowest BCUT2D eigenvalue weighted by Crippen LogP contribution is -2.02. The molecular formula is C31H19Br2ClN2O3. The Morgan fingerprint density at radius 3 is 1.79 bits per heavy atom. The molecule has 4 aromatic carbocycles. The van der Waals surface area contributed by atoms with Crippen molar-refractivity contribution in [1.82, 2.24) is 0 Å². The number of rotatable bonds is 8. The number of nitro groups is 1. The SMILES string of the molecule is N#C/C(=C(/C=C(\CC(=O)c1ccc(Br)cc1)c1ccc(Cl)cc1)c1ccc(Br)cc1)c1ccc([N+](=O)[O-])cc1. The standard InChI is InChI=1S/C31H19Br2ClN2O3/c32-25-9-1-21(2-10-25)29(30(19-35)22-7-15-28(16-8-22)36(38)39)17-24(20-5-13-27(34)14-6-20)18-31(37)23-3-11-26(33)12-4-23/h1-17H,18H2/b24-17+,30-29+. The van der Waals surface area contributed by atoms with E-state index in [0.29, 0.717) is 32.9 Å². The summed E-state index contributed by atoms with van der Waals surface area (Å²) >= 11 is 13.0. The van der Waals surface area contributed by atoms with Crippen molar-refractivity contribution in [3.8, 4) is 6.07 Å². The van der Waals surface area contributed by atoms with Gasteiger partial charge in [0.1, 0.15) is 6.07 Å². The summed E-state index contributed by atoms with van der Waals surface area (Å²) in [4.78, 5) is 24.0. The maximum Gasteiger partial charge on any atom is 0.269 e. The first-order chi connectivity index (χ1) is 18.7. The third kappa shape index (κ3) is 7.18. The molecule has 0 aliphatic rings. The molecule has 39 heavy (non-hydrogen) atoms. The number of carbonyl (C=O) groups is 1. The van der Waals surface area contributed by atoms with Gasteiger partial charge < -0.3 is 0 Å². The predicted molar refractivity (Wildman–Crippen MR) is 162 cm³/mol. The van der Waals surface area contributed by atoms with Gasteiger partial charge in [0.25, 0.3) is 5.69 Å². The van der Waals surface area contributed by atoms with E-state index in [9.17, 15) is 20.2 Å². The van der Waals surface area contributed by atoms with Crippen LogP contribution in [0.25, 0.3) is 16.7 Å². The molecule has 0 saturated heterocycles. The molecule has 5 nitrogen and oxygen atoms in total. The second kappa shape index (κ2) is 12.8. The first-order valence-corrected chi connectivity index (χ1v) is 13.6. The first-order valence-electron chi connectivity index (χ1n) is 11.7. The van der Waals surface area contributed by atoms with E-state index in [2.05, 4.69) is 37.9 Å². The molecule has 0 heterocycles. The van der Waals surface area contributed by atoms with Gasteiger partial charge in [0.15, 0.2) is 5.78 Å². The molecular weight excluding hydrogens is 644 g/mol. The van der Waals surface area contributed by atoms with E-state index in [4.69, 9.17) is 11.6 Å². The van der Waals surface area contributed by atoms with Gasteiger partial charge in [-0.15, -0.1) is 0 Å². The molecule has 0 bridgehead atoms. The quantitative estimate of drug-likeness (QED) is 0.0470. The highest BCUT2D eigenvalue weighted by Gasteiger charge is 2.17. The Morgan fingerprint density at radius 1 is 0.795 bits per heavy atom. The van der Waals surface area contributed by atoms with E-state index >= 15 is 0 Å². The molecule has 0 radical (unpaired) electrons. The smallest absolute Gasteiger partial charge is 0.269 e. The van der Waals surface area contributed by atoms with Gasteiger partial charge >= 0.3 is 0 Å². The van der Waals surface area contributed by atoms with Gasteiger partial charge in [0.2, 0.25) is 0 Å². The average Bonchev–Trinajstić information content (AvgIpc) is 2.94. The van der Waals surface area contributed by atoms with E-state index in [0.717, 1.165) is 20.1 Å². The zero-order valence-corrected chi connectivity index (χ0v) is 24.2. The normalized spacial score (nSPS) is 11.9. The van der Waals surface area contributed by atoms with Gasteiger partial charge in [-0.1, -0.05) is 79.9 Å².